The summed E-state index contributed by atoms with van der Waals surface area (Å²) in [7, 11) is 1.62. The topological polar surface area (TPSA) is 35.5 Å². The smallest absolute Gasteiger partial charge is 0.195 e. The van der Waals surface area contributed by atoms with Crippen molar-refractivity contribution in [3.8, 4) is 5.75 Å². The van der Waals surface area contributed by atoms with Crippen LogP contribution in [0.15, 0.2) is 36.3 Å². The van der Waals surface area contributed by atoms with Gasteiger partial charge in [0, 0.05) is 18.2 Å². The van der Waals surface area contributed by atoms with Crippen LogP contribution in [0, 0.1) is 0 Å². The third-order valence-electron chi connectivity index (χ3n) is 2.64. The summed E-state index contributed by atoms with van der Waals surface area (Å²) in [6.45, 7) is 0.981. The van der Waals surface area contributed by atoms with Crippen molar-refractivity contribution in [3.63, 3.8) is 0 Å². The van der Waals surface area contributed by atoms with Crippen LogP contribution in [0.3, 0.4) is 0 Å². The molecule has 0 atom stereocenters. The molecule has 0 amide bonds. The average Bonchev–Trinajstić information content (AvgIpc) is 2.79. The number of hydrogen-bond acceptors (Lipinski definition) is 4. The summed E-state index contributed by atoms with van der Waals surface area (Å²) in [5, 5.41) is 0. The van der Waals surface area contributed by atoms with Crippen molar-refractivity contribution in [2.45, 2.75) is 0 Å². The molecular weight excluding hydrogens is 488 g/mol. The van der Waals surface area contributed by atoms with Gasteiger partial charge in [-0.3, -0.25) is 4.79 Å². The van der Waals surface area contributed by atoms with Gasteiger partial charge in [-0.2, -0.15) is 0 Å². The van der Waals surface area contributed by atoms with Gasteiger partial charge in [0.15, 0.2) is 5.78 Å². The van der Waals surface area contributed by atoms with Gasteiger partial charge >= 0.3 is 0 Å². The summed E-state index contributed by atoms with van der Waals surface area (Å²) >= 11 is 11.7. The van der Waals surface area contributed by atoms with Crippen molar-refractivity contribution in [3.05, 3.63) is 47.4 Å². The number of rotatable bonds is 6. The van der Waals surface area contributed by atoms with Gasteiger partial charge in [0.05, 0.1) is 18.7 Å². The van der Waals surface area contributed by atoms with Crippen LogP contribution in [0.2, 0.25) is 0 Å². The van der Waals surface area contributed by atoms with E-state index in [1.54, 1.807) is 25.3 Å². The lowest BCUT2D eigenvalue weighted by Gasteiger charge is -2.09. The highest BCUT2D eigenvalue weighted by Gasteiger charge is 2.17. The first-order valence-corrected chi connectivity index (χ1v) is 9.13. The van der Waals surface area contributed by atoms with Gasteiger partial charge in [-0.1, -0.05) is 0 Å². The third kappa shape index (κ3) is 4.39. The summed E-state index contributed by atoms with van der Waals surface area (Å²) in [5.74, 6) is 0.655. The van der Waals surface area contributed by atoms with E-state index in [1.165, 1.54) is 11.3 Å². The molecule has 0 fully saturated rings. The van der Waals surface area contributed by atoms with E-state index in [1.807, 2.05) is 6.07 Å². The summed E-state index contributed by atoms with van der Waals surface area (Å²) in [6, 6.07) is 7.12. The Balaban J connectivity index is 2.19. The van der Waals surface area contributed by atoms with Crippen molar-refractivity contribution in [2.75, 3.05) is 20.3 Å². The molecule has 1 heterocycles. The van der Waals surface area contributed by atoms with Gasteiger partial charge < -0.3 is 9.47 Å². The van der Waals surface area contributed by atoms with Crippen LogP contribution >= 0.6 is 59.1 Å². The lowest BCUT2D eigenvalue weighted by Crippen LogP contribution is -2.05. The molecule has 21 heavy (non-hydrogen) atoms. The second kappa shape index (κ2) is 7.87. The van der Waals surface area contributed by atoms with Crippen LogP contribution in [0.4, 0.5) is 0 Å². The Labute approximate surface area is 152 Å². The highest BCUT2D eigenvalue weighted by Crippen LogP contribution is 2.34. The molecule has 7 heteroatoms. The first-order valence-electron chi connectivity index (χ1n) is 5.93. The summed E-state index contributed by atoms with van der Waals surface area (Å²) in [6.07, 6.45) is 0. The lowest BCUT2D eigenvalue weighted by atomic mass is 10.1. The first-order chi connectivity index (χ1) is 10.0. The highest BCUT2D eigenvalue weighted by atomic mass is 79.9. The Hall–Kier alpha value is -0.210. The SMILES string of the molecule is COCCOc1ccc(C(=O)c2cc(Br)sc2Br)cc1Br. The van der Waals surface area contributed by atoms with E-state index >= 15 is 0 Å². The van der Waals surface area contributed by atoms with E-state index in [0.717, 1.165) is 12.0 Å². The van der Waals surface area contributed by atoms with Crippen molar-refractivity contribution < 1.29 is 14.3 Å². The molecule has 0 radical (unpaired) electrons. The molecule has 0 unspecified atom stereocenters. The highest BCUT2D eigenvalue weighted by molar-refractivity contribution is 9.12. The molecular formula is C14H11Br3O3S. The van der Waals surface area contributed by atoms with E-state index < -0.39 is 0 Å². The zero-order chi connectivity index (χ0) is 15.4. The Morgan fingerprint density at radius 3 is 2.52 bits per heavy atom. The number of thiophene rings is 1. The molecule has 1 aromatic heterocycles. The van der Waals surface area contributed by atoms with Gasteiger partial charge in [-0.05, 0) is 72.1 Å². The minimum Gasteiger partial charge on any atom is -0.490 e. The maximum absolute atomic E-state index is 12.5. The quantitative estimate of drug-likeness (QED) is 0.401. The lowest BCUT2D eigenvalue weighted by molar-refractivity contribution is 0.103. The van der Waals surface area contributed by atoms with Crippen molar-refractivity contribution >= 4 is 64.9 Å². The molecule has 0 saturated carbocycles. The molecule has 2 aromatic rings. The van der Waals surface area contributed by atoms with Crippen LogP contribution in [0.5, 0.6) is 5.75 Å². The molecule has 0 N–H and O–H groups in total. The number of halogens is 3. The van der Waals surface area contributed by atoms with Crippen molar-refractivity contribution in [1.82, 2.24) is 0 Å². The van der Waals surface area contributed by atoms with Crippen LogP contribution in [0.1, 0.15) is 15.9 Å². The first kappa shape index (κ1) is 17.1. The number of ketones is 1. The molecule has 0 bridgehead atoms. The van der Waals surface area contributed by atoms with Gasteiger partial charge in [0.2, 0.25) is 0 Å². The Morgan fingerprint density at radius 1 is 1.19 bits per heavy atom. The number of benzene rings is 1. The number of hydrogen-bond donors (Lipinski definition) is 0. The number of ether oxygens (including phenoxy) is 2. The molecule has 3 nitrogen and oxygen atoms in total. The number of carbonyl (C=O) groups is 1. The predicted octanol–water partition coefficient (Wildman–Crippen LogP) is 5.29. The Morgan fingerprint density at radius 2 is 1.95 bits per heavy atom. The molecule has 0 spiro atoms. The number of methoxy groups -OCH3 is 1. The van der Waals surface area contributed by atoms with Crippen LogP contribution < -0.4 is 4.74 Å². The van der Waals surface area contributed by atoms with E-state index in [2.05, 4.69) is 47.8 Å². The summed E-state index contributed by atoms with van der Waals surface area (Å²) in [4.78, 5) is 12.5. The second-order valence-corrected chi connectivity index (χ2v) is 8.66. The molecule has 0 aliphatic rings. The monoisotopic (exact) mass is 496 g/mol. The van der Waals surface area contributed by atoms with Gasteiger partial charge in [0.25, 0.3) is 0 Å². The third-order valence-corrected chi connectivity index (χ3v) is 5.60. The normalized spacial score (nSPS) is 10.7. The Kier molecular flexibility index (Phi) is 6.43. The standard InChI is InChI=1S/C14H11Br3O3S/c1-19-4-5-20-11-3-2-8(6-10(11)15)13(18)9-7-12(16)21-14(9)17/h2-3,6-7H,4-5H2,1H3. The molecule has 0 aliphatic carbocycles. The average molecular weight is 499 g/mol. The van der Waals surface area contributed by atoms with Gasteiger partial charge in [-0.15, -0.1) is 11.3 Å². The maximum Gasteiger partial charge on any atom is 0.195 e. The fourth-order valence-corrected chi connectivity index (χ4v) is 4.93. The van der Waals surface area contributed by atoms with Gasteiger partial charge in [-0.25, -0.2) is 0 Å². The minimum absolute atomic E-state index is 0.0343. The van der Waals surface area contributed by atoms with Crippen molar-refractivity contribution in [2.24, 2.45) is 0 Å². The summed E-state index contributed by atoms with van der Waals surface area (Å²) < 4.78 is 13.0. The maximum atomic E-state index is 12.5. The van der Waals surface area contributed by atoms with Crippen LogP contribution in [-0.4, -0.2) is 26.1 Å². The van der Waals surface area contributed by atoms with Crippen LogP contribution in [0.25, 0.3) is 0 Å². The molecule has 0 saturated heterocycles. The predicted molar refractivity (Wildman–Crippen MR) is 94.7 cm³/mol. The van der Waals surface area contributed by atoms with E-state index in [9.17, 15) is 4.79 Å². The van der Waals surface area contributed by atoms with Crippen molar-refractivity contribution in [1.29, 1.82) is 0 Å². The van der Waals surface area contributed by atoms with E-state index in [-0.39, 0.29) is 5.78 Å². The zero-order valence-corrected chi connectivity index (χ0v) is 16.6. The zero-order valence-electron chi connectivity index (χ0n) is 11.0. The molecule has 1 aromatic carbocycles. The molecule has 112 valence electrons. The second-order valence-electron chi connectivity index (χ2n) is 4.05. The fourth-order valence-electron chi connectivity index (χ4n) is 1.64. The molecule has 0 aliphatic heterocycles. The van der Waals surface area contributed by atoms with Gasteiger partial charge in [0.1, 0.15) is 12.4 Å². The minimum atomic E-state index is -0.0343. The van der Waals surface area contributed by atoms with Crippen LogP contribution in [-0.2, 0) is 4.74 Å². The molecule has 2 rings (SSSR count). The van der Waals surface area contributed by atoms with E-state index in [0.29, 0.717) is 30.1 Å². The van der Waals surface area contributed by atoms with E-state index in [4.69, 9.17) is 9.47 Å². The largest absolute Gasteiger partial charge is 0.490 e. The number of carbonyl (C=O) groups excluding carboxylic acids is 1. The Bertz CT molecular complexity index is 655. The summed E-state index contributed by atoms with van der Waals surface area (Å²) in [5.41, 5.74) is 1.25. The fraction of sp³-hybridized carbons (Fsp3) is 0.214.